The van der Waals surface area contributed by atoms with Crippen LogP contribution in [-0.4, -0.2) is 31.9 Å². The van der Waals surface area contributed by atoms with E-state index in [-0.39, 0.29) is 24.4 Å². The fourth-order valence-corrected chi connectivity index (χ4v) is 4.60. The van der Waals surface area contributed by atoms with Gasteiger partial charge in [-0.1, -0.05) is 48.5 Å². The van der Waals surface area contributed by atoms with Gasteiger partial charge in [-0.05, 0) is 47.4 Å². The molecule has 0 unspecified atom stereocenters. The van der Waals surface area contributed by atoms with Crippen molar-refractivity contribution in [3.8, 4) is 5.75 Å². The minimum absolute atomic E-state index is 0.187. The molecule has 0 radical (unpaired) electrons. The number of carboxylic acid groups (broad SMARTS) is 1. The Labute approximate surface area is 185 Å². The molecule has 164 valence electrons. The van der Waals surface area contributed by atoms with Gasteiger partial charge in [0.05, 0.1) is 11.3 Å². The normalized spacial score (nSPS) is 14.8. The molecule has 2 N–H and O–H groups in total. The second-order valence-corrected chi connectivity index (χ2v) is 8.89. The topological polar surface area (TPSA) is 113 Å². The number of hydrogen-bond donors (Lipinski definition) is 2. The van der Waals surface area contributed by atoms with Gasteiger partial charge in [0.25, 0.3) is 5.91 Å². The molecule has 1 fully saturated rings. The molecule has 9 heteroatoms. The van der Waals surface area contributed by atoms with Crippen LogP contribution >= 0.6 is 0 Å². The number of aromatic carboxylic acids is 1. The van der Waals surface area contributed by atoms with Crippen molar-refractivity contribution < 1.29 is 27.9 Å². The van der Waals surface area contributed by atoms with Gasteiger partial charge in [0.15, 0.2) is 0 Å². The molecule has 1 amide bonds. The second-order valence-electron chi connectivity index (χ2n) is 7.30. The summed E-state index contributed by atoms with van der Waals surface area (Å²) in [4.78, 5) is 23.0. The number of hydrogen-bond acceptors (Lipinski definition) is 5. The average Bonchev–Trinajstić information content (AvgIpc) is 3.05. The van der Waals surface area contributed by atoms with E-state index in [0.29, 0.717) is 12.2 Å². The number of amides is 1. The van der Waals surface area contributed by atoms with Crippen LogP contribution in [0.1, 0.15) is 27.0 Å². The number of nitrogens with one attached hydrogen (secondary N) is 1. The Kier molecular flexibility index (Phi) is 5.83. The van der Waals surface area contributed by atoms with E-state index in [1.165, 1.54) is 6.07 Å². The highest BCUT2D eigenvalue weighted by Crippen LogP contribution is 2.34. The van der Waals surface area contributed by atoms with Gasteiger partial charge in [-0.25, -0.2) is 13.8 Å². The van der Waals surface area contributed by atoms with E-state index in [2.05, 4.69) is 0 Å². The van der Waals surface area contributed by atoms with Crippen molar-refractivity contribution in [1.82, 2.24) is 4.72 Å². The quantitative estimate of drug-likeness (QED) is 0.570. The highest BCUT2D eigenvalue weighted by molar-refractivity contribution is 7.92. The number of anilines is 1. The Morgan fingerprint density at radius 2 is 1.69 bits per heavy atom. The second kappa shape index (κ2) is 8.72. The third-order valence-corrected chi connectivity index (χ3v) is 6.32. The smallest absolute Gasteiger partial charge is 0.335 e. The zero-order chi connectivity index (χ0) is 22.7. The summed E-state index contributed by atoms with van der Waals surface area (Å²) in [7, 11) is -3.99. The zero-order valence-corrected chi connectivity index (χ0v) is 17.7. The fourth-order valence-electron chi connectivity index (χ4n) is 3.44. The third kappa shape index (κ3) is 4.73. The Balaban J connectivity index is 1.67. The van der Waals surface area contributed by atoms with E-state index in [4.69, 9.17) is 4.74 Å². The Bertz CT molecular complexity index is 1270. The minimum atomic E-state index is -3.99. The molecule has 0 aliphatic carbocycles. The summed E-state index contributed by atoms with van der Waals surface area (Å²) in [5.41, 5.74) is 2.93. The van der Waals surface area contributed by atoms with Crippen LogP contribution in [0.5, 0.6) is 5.75 Å². The molecule has 1 aliphatic rings. The van der Waals surface area contributed by atoms with Crippen molar-refractivity contribution in [2.75, 3.05) is 10.8 Å². The summed E-state index contributed by atoms with van der Waals surface area (Å²) >= 11 is 0. The van der Waals surface area contributed by atoms with Crippen LogP contribution in [0.25, 0.3) is 0 Å². The summed E-state index contributed by atoms with van der Waals surface area (Å²) in [6.45, 7) is -0.120. The average molecular weight is 452 g/mol. The maximum Gasteiger partial charge on any atom is 0.335 e. The van der Waals surface area contributed by atoms with E-state index in [1.54, 1.807) is 30.3 Å². The first-order valence-corrected chi connectivity index (χ1v) is 11.2. The Hall–Kier alpha value is -3.85. The van der Waals surface area contributed by atoms with Crippen molar-refractivity contribution >= 4 is 27.8 Å². The van der Waals surface area contributed by atoms with Crippen molar-refractivity contribution in [1.29, 1.82) is 0 Å². The van der Waals surface area contributed by atoms with Crippen molar-refractivity contribution in [2.45, 2.75) is 13.0 Å². The Morgan fingerprint density at radius 3 is 2.38 bits per heavy atom. The molecule has 1 heterocycles. The van der Waals surface area contributed by atoms with Gasteiger partial charge < -0.3 is 9.84 Å². The number of rotatable bonds is 7. The Morgan fingerprint density at radius 1 is 0.969 bits per heavy atom. The molecule has 0 bridgehead atoms. The minimum Gasteiger partial charge on any atom is -0.487 e. The maximum absolute atomic E-state index is 12.4. The lowest BCUT2D eigenvalue weighted by atomic mass is 10.0. The summed E-state index contributed by atoms with van der Waals surface area (Å²) in [5.74, 6) is -1.32. The monoisotopic (exact) mass is 452 g/mol. The first-order chi connectivity index (χ1) is 15.3. The van der Waals surface area contributed by atoms with Crippen LogP contribution in [0.3, 0.4) is 0 Å². The molecule has 1 aliphatic heterocycles. The number of carboxylic acids is 1. The number of carbonyl (C=O) groups excluding carboxylic acids is 1. The van der Waals surface area contributed by atoms with Gasteiger partial charge in [-0.2, -0.15) is 8.42 Å². The largest absolute Gasteiger partial charge is 0.487 e. The highest BCUT2D eigenvalue weighted by Gasteiger charge is 2.35. The third-order valence-electron chi connectivity index (χ3n) is 4.93. The zero-order valence-electron chi connectivity index (χ0n) is 16.9. The molecule has 0 aromatic heterocycles. The SMILES string of the molecule is O=C1CN(c2ccc(Cc3cccc(C(=O)O)c3)cc2OCc2ccccc2)S(=O)(=O)N1. The van der Waals surface area contributed by atoms with Crippen LogP contribution in [0.15, 0.2) is 72.8 Å². The van der Waals surface area contributed by atoms with Gasteiger partial charge in [0, 0.05) is 0 Å². The molecule has 32 heavy (non-hydrogen) atoms. The lowest BCUT2D eigenvalue weighted by Crippen LogP contribution is -2.29. The molecule has 3 aromatic carbocycles. The first kappa shape index (κ1) is 21.4. The number of carbonyl (C=O) groups is 2. The number of benzene rings is 3. The van der Waals surface area contributed by atoms with E-state index in [9.17, 15) is 23.1 Å². The van der Waals surface area contributed by atoms with Crippen molar-refractivity contribution in [3.05, 3.63) is 95.1 Å². The maximum atomic E-state index is 12.4. The van der Waals surface area contributed by atoms with Gasteiger partial charge in [0.1, 0.15) is 18.9 Å². The highest BCUT2D eigenvalue weighted by atomic mass is 32.2. The number of nitrogens with zero attached hydrogens (tertiary/aromatic N) is 1. The van der Waals surface area contributed by atoms with Crippen LogP contribution in [0.4, 0.5) is 5.69 Å². The summed E-state index contributed by atoms with van der Waals surface area (Å²) in [6, 6.07) is 21.0. The van der Waals surface area contributed by atoms with Gasteiger partial charge in [0.2, 0.25) is 0 Å². The predicted octanol–water partition coefficient (Wildman–Crippen LogP) is 2.74. The molecule has 1 saturated heterocycles. The summed E-state index contributed by atoms with van der Waals surface area (Å²) in [6.07, 6.45) is 0.424. The van der Waals surface area contributed by atoms with E-state index >= 15 is 0 Å². The molecule has 0 spiro atoms. The lowest BCUT2D eigenvalue weighted by molar-refractivity contribution is -0.117. The van der Waals surface area contributed by atoms with Crippen LogP contribution in [0, 0.1) is 0 Å². The molecule has 3 aromatic rings. The molecular weight excluding hydrogens is 432 g/mol. The van der Waals surface area contributed by atoms with Gasteiger partial charge >= 0.3 is 16.2 Å². The molecule has 0 saturated carbocycles. The number of ether oxygens (including phenoxy) is 1. The van der Waals surface area contributed by atoms with E-state index in [1.807, 2.05) is 41.1 Å². The fraction of sp³-hybridized carbons (Fsp3) is 0.130. The van der Waals surface area contributed by atoms with Crippen molar-refractivity contribution in [3.63, 3.8) is 0 Å². The van der Waals surface area contributed by atoms with Crippen LogP contribution in [0.2, 0.25) is 0 Å². The molecule has 4 rings (SSSR count). The molecule has 0 atom stereocenters. The first-order valence-electron chi connectivity index (χ1n) is 9.77. The van der Waals surface area contributed by atoms with Crippen molar-refractivity contribution in [2.24, 2.45) is 0 Å². The predicted molar refractivity (Wildman–Crippen MR) is 118 cm³/mol. The van der Waals surface area contributed by atoms with Crippen LogP contribution in [-0.2, 0) is 28.0 Å². The molecular formula is C23H20N2O6S. The standard InChI is InChI=1S/C23H20N2O6S/c26-22-14-25(32(29,30)24-22)20-10-9-18(11-17-7-4-8-19(12-17)23(27)28)13-21(20)31-15-16-5-2-1-3-6-16/h1-10,12-13H,11,14-15H2,(H,24,26)(H,27,28). The summed E-state index contributed by atoms with van der Waals surface area (Å²) < 4.78 is 33.6. The van der Waals surface area contributed by atoms with E-state index < -0.39 is 22.1 Å². The van der Waals surface area contributed by atoms with Crippen LogP contribution < -0.4 is 13.8 Å². The summed E-state index contributed by atoms with van der Waals surface area (Å²) in [5, 5.41) is 9.21. The van der Waals surface area contributed by atoms with Gasteiger partial charge in [-0.3, -0.25) is 4.79 Å². The lowest BCUT2D eigenvalue weighted by Gasteiger charge is -2.20. The molecule has 8 nitrogen and oxygen atoms in total. The van der Waals surface area contributed by atoms with E-state index in [0.717, 1.165) is 21.0 Å². The van der Waals surface area contributed by atoms with Gasteiger partial charge in [-0.15, -0.1) is 0 Å².